The van der Waals surface area contributed by atoms with Gasteiger partial charge in [-0.1, -0.05) is 0 Å². The summed E-state index contributed by atoms with van der Waals surface area (Å²) in [6, 6.07) is 0. The summed E-state index contributed by atoms with van der Waals surface area (Å²) in [4.78, 5) is 15.4. The average Bonchev–Trinajstić information content (AvgIpc) is 2.30. The van der Waals surface area contributed by atoms with Crippen LogP contribution >= 0.6 is 24.8 Å². The molecule has 1 fully saturated rings. The second kappa shape index (κ2) is 10.7. The first-order valence-electron chi connectivity index (χ1n) is 6.37. The fourth-order valence-electron chi connectivity index (χ4n) is 2.37. The number of piperidine rings is 1. The van der Waals surface area contributed by atoms with E-state index in [1.807, 2.05) is 14.0 Å². The van der Waals surface area contributed by atoms with Gasteiger partial charge in [0.2, 0.25) is 5.91 Å². The van der Waals surface area contributed by atoms with E-state index < -0.39 is 0 Å². The van der Waals surface area contributed by atoms with Crippen LogP contribution in [0.1, 0.15) is 19.8 Å². The molecule has 1 heterocycles. The van der Waals surface area contributed by atoms with Gasteiger partial charge in [-0.15, -0.1) is 24.8 Å². The highest BCUT2D eigenvalue weighted by Crippen LogP contribution is 2.18. The van der Waals surface area contributed by atoms with E-state index in [1.54, 1.807) is 4.90 Å². The lowest BCUT2D eigenvalue weighted by Crippen LogP contribution is -2.42. The first kappa shape index (κ1) is 21.2. The van der Waals surface area contributed by atoms with Crippen molar-refractivity contribution >= 4 is 30.7 Å². The summed E-state index contributed by atoms with van der Waals surface area (Å²) in [5.41, 5.74) is 5.33. The molecule has 1 unspecified atom stereocenters. The van der Waals surface area contributed by atoms with Gasteiger partial charge in [-0.25, -0.2) is 0 Å². The van der Waals surface area contributed by atoms with E-state index in [4.69, 9.17) is 5.73 Å². The molecular formula is C12H27Cl2N3O2. The number of nitrogens with zero attached hydrogens (tertiary/aromatic N) is 2. The largest absolute Gasteiger partial charge is 0.392 e. The fraction of sp³-hybridized carbons (Fsp3) is 0.917. The third-order valence-corrected chi connectivity index (χ3v) is 3.36. The molecule has 1 amide bonds. The minimum atomic E-state index is -0.256. The molecule has 1 saturated heterocycles. The van der Waals surface area contributed by atoms with Gasteiger partial charge in [0.1, 0.15) is 0 Å². The summed E-state index contributed by atoms with van der Waals surface area (Å²) in [7, 11) is 1.82. The lowest BCUT2D eigenvalue weighted by molar-refractivity contribution is -0.129. The zero-order valence-electron chi connectivity index (χ0n) is 11.7. The van der Waals surface area contributed by atoms with Gasteiger partial charge in [0.05, 0.1) is 12.6 Å². The first-order valence-corrected chi connectivity index (χ1v) is 6.37. The van der Waals surface area contributed by atoms with Crippen LogP contribution in [0.25, 0.3) is 0 Å². The molecule has 0 radical (unpaired) electrons. The molecule has 0 aromatic heterocycles. The average molecular weight is 316 g/mol. The van der Waals surface area contributed by atoms with Crippen molar-refractivity contribution in [3.05, 3.63) is 0 Å². The smallest absolute Gasteiger partial charge is 0.236 e. The second-order valence-electron chi connectivity index (χ2n) is 5.07. The molecule has 1 atom stereocenters. The monoisotopic (exact) mass is 315 g/mol. The number of hydrogen-bond acceptors (Lipinski definition) is 4. The van der Waals surface area contributed by atoms with Crippen molar-refractivity contribution in [2.75, 3.05) is 39.8 Å². The number of aliphatic hydroxyl groups is 1. The Labute approximate surface area is 128 Å². The van der Waals surface area contributed by atoms with Gasteiger partial charge in [0.25, 0.3) is 0 Å². The van der Waals surface area contributed by atoms with Crippen LogP contribution < -0.4 is 5.73 Å². The Balaban J connectivity index is 0. The van der Waals surface area contributed by atoms with Gasteiger partial charge >= 0.3 is 0 Å². The quantitative estimate of drug-likeness (QED) is 0.767. The molecule has 1 aliphatic heterocycles. The van der Waals surface area contributed by atoms with Crippen molar-refractivity contribution in [3.8, 4) is 0 Å². The Morgan fingerprint density at radius 3 is 2.37 bits per heavy atom. The minimum Gasteiger partial charge on any atom is -0.392 e. The number of rotatable bonds is 5. The van der Waals surface area contributed by atoms with Crippen LogP contribution in [-0.2, 0) is 4.79 Å². The maximum atomic E-state index is 11.4. The van der Waals surface area contributed by atoms with Crippen LogP contribution in [0.15, 0.2) is 0 Å². The van der Waals surface area contributed by atoms with E-state index in [0.29, 0.717) is 5.92 Å². The highest BCUT2D eigenvalue weighted by Gasteiger charge is 2.22. The van der Waals surface area contributed by atoms with E-state index >= 15 is 0 Å². The molecule has 0 aromatic rings. The van der Waals surface area contributed by atoms with E-state index in [0.717, 1.165) is 39.0 Å². The topological polar surface area (TPSA) is 69.8 Å². The summed E-state index contributed by atoms with van der Waals surface area (Å²) >= 11 is 0. The number of aliphatic hydroxyl groups excluding tert-OH is 1. The number of nitrogens with two attached hydrogens (primary N) is 1. The highest BCUT2D eigenvalue weighted by atomic mass is 35.5. The molecule has 19 heavy (non-hydrogen) atoms. The van der Waals surface area contributed by atoms with E-state index in [2.05, 4.69) is 4.90 Å². The lowest BCUT2D eigenvalue weighted by Gasteiger charge is -2.34. The molecule has 116 valence electrons. The van der Waals surface area contributed by atoms with Crippen molar-refractivity contribution < 1.29 is 9.90 Å². The zero-order chi connectivity index (χ0) is 12.8. The third kappa shape index (κ3) is 7.95. The summed E-state index contributed by atoms with van der Waals surface area (Å²) in [5.74, 6) is 0.581. The molecule has 0 spiro atoms. The van der Waals surface area contributed by atoms with Gasteiger partial charge in [0.15, 0.2) is 0 Å². The Kier molecular flexibility index (Phi) is 11.9. The van der Waals surface area contributed by atoms with Crippen LogP contribution in [0.3, 0.4) is 0 Å². The van der Waals surface area contributed by atoms with Crippen LogP contribution in [0.2, 0.25) is 0 Å². The van der Waals surface area contributed by atoms with Crippen molar-refractivity contribution in [1.29, 1.82) is 0 Å². The maximum Gasteiger partial charge on any atom is 0.236 e. The molecule has 1 aliphatic rings. The van der Waals surface area contributed by atoms with Gasteiger partial charge < -0.3 is 20.6 Å². The summed E-state index contributed by atoms with van der Waals surface area (Å²) < 4.78 is 0. The predicted octanol–water partition coefficient (Wildman–Crippen LogP) is 0.340. The van der Waals surface area contributed by atoms with Gasteiger partial charge in [0, 0.05) is 20.1 Å². The molecule has 0 aromatic carbocycles. The summed E-state index contributed by atoms with van der Waals surface area (Å²) in [6.07, 6.45) is 1.93. The predicted molar refractivity (Wildman–Crippen MR) is 82.0 cm³/mol. The fourth-order valence-corrected chi connectivity index (χ4v) is 2.37. The van der Waals surface area contributed by atoms with E-state index in [1.165, 1.54) is 0 Å². The van der Waals surface area contributed by atoms with Gasteiger partial charge in [-0.3, -0.25) is 4.79 Å². The molecule has 0 bridgehead atoms. The lowest BCUT2D eigenvalue weighted by atomic mass is 9.96. The van der Waals surface area contributed by atoms with Gasteiger partial charge in [-0.05, 0) is 38.8 Å². The Morgan fingerprint density at radius 1 is 1.42 bits per heavy atom. The number of carbonyl (C=O) groups excluding carboxylic acids is 1. The second-order valence-corrected chi connectivity index (χ2v) is 5.07. The van der Waals surface area contributed by atoms with E-state index in [-0.39, 0.29) is 43.4 Å². The number of carbonyl (C=O) groups is 1. The first-order chi connectivity index (χ1) is 8.02. The van der Waals surface area contributed by atoms with Crippen molar-refractivity contribution in [2.45, 2.75) is 25.9 Å². The number of likely N-dealkylation sites (N-methyl/N-ethyl adjacent to an activating group) is 1. The van der Waals surface area contributed by atoms with Crippen molar-refractivity contribution in [3.63, 3.8) is 0 Å². The molecule has 7 heteroatoms. The van der Waals surface area contributed by atoms with Crippen LogP contribution in [-0.4, -0.2) is 66.7 Å². The molecule has 0 saturated carbocycles. The summed E-state index contributed by atoms with van der Waals surface area (Å²) in [5, 5.41) is 9.31. The van der Waals surface area contributed by atoms with Crippen molar-refractivity contribution in [2.24, 2.45) is 11.7 Å². The highest BCUT2D eigenvalue weighted by molar-refractivity contribution is 5.85. The van der Waals surface area contributed by atoms with Gasteiger partial charge in [-0.2, -0.15) is 0 Å². The number of likely N-dealkylation sites (tertiary alicyclic amines) is 1. The number of halogens is 2. The number of amides is 1. The van der Waals surface area contributed by atoms with Crippen LogP contribution in [0.4, 0.5) is 0 Å². The molecule has 1 rings (SSSR count). The number of hydrogen-bond donors (Lipinski definition) is 2. The zero-order valence-corrected chi connectivity index (χ0v) is 13.4. The molecule has 0 aliphatic carbocycles. The Morgan fingerprint density at radius 2 is 1.95 bits per heavy atom. The summed E-state index contributed by atoms with van der Waals surface area (Å²) in [6.45, 7) is 5.50. The van der Waals surface area contributed by atoms with E-state index in [9.17, 15) is 9.90 Å². The maximum absolute atomic E-state index is 11.4. The normalized spacial score (nSPS) is 18.1. The Bertz CT molecular complexity index is 247. The Hall–Kier alpha value is -0.0700. The standard InChI is InChI=1S/C12H25N3O2.2ClH/c1-10(16)8-15-5-3-11(4-6-15)9-14(2)12(17)7-13;;/h10-11,16H,3-9,13H2,1-2H3;2*1H. The number of β-amino-alcohol motifs (C(OH)–C–C–N with tert-alkyl or cyclic N) is 1. The third-order valence-electron chi connectivity index (χ3n) is 3.36. The molecule has 3 N–H and O–H groups in total. The molecular weight excluding hydrogens is 289 g/mol. The SMILES string of the molecule is CC(O)CN1CCC(CN(C)C(=O)CN)CC1.Cl.Cl. The van der Waals surface area contributed by atoms with Crippen LogP contribution in [0.5, 0.6) is 0 Å². The molecule has 5 nitrogen and oxygen atoms in total. The van der Waals surface area contributed by atoms with Crippen molar-refractivity contribution in [1.82, 2.24) is 9.80 Å². The van der Waals surface area contributed by atoms with Crippen LogP contribution in [0, 0.1) is 5.92 Å². The minimum absolute atomic E-state index is 0.